The summed E-state index contributed by atoms with van der Waals surface area (Å²) < 4.78 is 19.1. The van der Waals surface area contributed by atoms with Gasteiger partial charge in [-0.1, -0.05) is 29.8 Å². The quantitative estimate of drug-likeness (QED) is 0.438. The third-order valence-electron chi connectivity index (χ3n) is 5.16. The van der Waals surface area contributed by atoms with Crippen molar-refractivity contribution in [1.29, 1.82) is 0 Å². The minimum atomic E-state index is -0.818. The summed E-state index contributed by atoms with van der Waals surface area (Å²) in [6.07, 6.45) is -0.0268. The SMILES string of the molecule is Cc1ccc(C)c(/C(O)=C2\C(=O)C(=O)N(CCOC(C)C)C2c2ccc(F)cc2)c1. The van der Waals surface area contributed by atoms with Gasteiger partial charge in [0.1, 0.15) is 11.6 Å². The van der Waals surface area contributed by atoms with Crippen molar-refractivity contribution in [3.63, 3.8) is 0 Å². The number of nitrogens with zero attached hydrogens (tertiary/aromatic N) is 1. The van der Waals surface area contributed by atoms with E-state index >= 15 is 0 Å². The zero-order valence-electron chi connectivity index (χ0n) is 17.6. The predicted octanol–water partition coefficient (Wildman–Crippen LogP) is 4.29. The lowest BCUT2D eigenvalue weighted by Gasteiger charge is -2.25. The second kappa shape index (κ2) is 8.79. The van der Waals surface area contributed by atoms with Crippen molar-refractivity contribution in [2.75, 3.05) is 13.2 Å². The molecule has 0 aliphatic carbocycles. The lowest BCUT2D eigenvalue weighted by molar-refractivity contribution is -0.140. The lowest BCUT2D eigenvalue weighted by atomic mass is 9.93. The first-order valence-electron chi connectivity index (χ1n) is 9.93. The number of amides is 1. The van der Waals surface area contributed by atoms with Gasteiger partial charge < -0.3 is 14.7 Å². The minimum Gasteiger partial charge on any atom is -0.507 e. The van der Waals surface area contributed by atoms with Crippen LogP contribution >= 0.6 is 0 Å². The number of aliphatic hydroxyl groups excluding tert-OH is 1. The van der Waals surface area contributed by atoms with Crippen LogP contribution in [0.3, 0.4) is 0 Å². The van der Waals surface area contributed by atoms with Crippen LogP contribution in [-0.4, -0.2) is 41.0 Å². The third-order valence-corrected chi connectivity index (χ3v) is 5.16. The van der Waals surface area contributed by atoms with E-state index in [0.717, 1.165) is 11.1 Å². The number of likely N-dealkylation sites (tertiary alicyclic amines) is 1. The Labute approximate surface area is 175 Å². The number of carbonyl (C=O) groups excluding carboxylic acids is 2. The number of ether oxygens (including phenoxy) is 1. The van der Waals surface area contributed by atoms with Gasteiger partial charge in [0.25, 0.3) is 11.7 Å². The maximum Gasteiger partial charge on any atom is 0.295 e. The van der Waals surface area contributed by atoms with Gasteiger partial charge in [0.05, 0.1) is 24.3 Å². The van der Waals surface area contributed by atoms with E-state index in [1.807, 2.05) is 39.8 Å². The molecular weight excluding hydrogens is 385 g/mol. The monoisotopic (exact) mass is 411 g/mol. The van der Waals surface area contributed by atoms with Crippen LogP contribution in [0.15, 0.2) is 48.0 Å². The molecule has 0 bridgehead atoms. The van der Waals surface area contributed by atoms with Crippen LogP contribution in [0.4, 0.5) is 4.39 Å². The van der Waals surface area contributed by atoms with Gasteiger partial charge >= 0.3 is 0 Å². The Balaban J connectivity index is 2.13. The molecule has 1 atom stereocenters. The van der Waals surface area contributed by atoms with Crippen LogP contribution < -0.4 is 0 Å². The number of carbonyl (C=O) groups is 2. The lowest BCUT2D eigenvalue weighted by Crippen LogP contribution is -2.33. The van der Waals surface area contributed by atoms with Gasteiger partial charge in [-0.2, -0.15) is 0 Å². The number of halogens is 1. The Morgan fingerprint density at radius 2 is 1.80 bits per heavy atom. The molecule has 1 fully saturated rings. The number of aryl methyl sites for hydroxylation is 2. The average molecular weight is 411 g/mol. The second-order valence-corrected chi connectivity index (χ2v) is 7.78. The molecule has 1 aliphatic rings. The molecule has 0 radical (unpaired) electrons. The summed E-state index contributed by atoms with van der Waals surface area (Å²) in [5.74, 6) is -2.11. The molecule has 1 unspecified atom stereocenters. The fourth-order valence-corrected chi connectivity index (χ4v) is 3.63. The molecule has 0 spiro atoms. The van der Waals surface area contributed by atoms with E-state index in [1.54, 1.807) is 6.07 Å². The van der Waals surface area contributed by atoms with Crippen LogP contribution in [0.2, 0.25) is 0 Å². The summed E-state index contributed by atoms with van der Waals surface area (Å²) in [7, 11) is 0. The van der Waals surface area contributed by atoms with Gasteiger partial charge in [-0.25, -0.2) is 4.39 Å². The Hall–Kier alpha value is -2.99. The predicted molar refractivity (Wildman–Crippen MR) is 112 cm³/mol. The number of rotatable bonds is 6. The average Bonchev–Trinajstić information content (AvgIpc) is 2.94. The van der Waals surface area contributed by atoms with E-state index in [1.165, 1.54) is 29.2 Å². The summed E-state index contributed by atoms with van der Waals surface area (Å²) in [6, 6.07) is 10.3. The molecule has 1 N–H and O–H groups in total. The van der Waals surface area contributed by atoms with Crippen LogP contribution in [0.1, 0.15) is 42.1 Å². The van der Waals surface area contributed by atoms with Crippen molar-refractivity contribution in [3.8, 4) is 0 Å². The van der Waals surface area contributed by atoms with Crippen molar-refractivity contribution in [3.05, 3.63) is 76.1 Å². The first-order chi connectivity index (χ1) is 14.2. The summed E-state index contributed by atoms with van der Waals surface area (Å²) in [5, 5.41) is 11.1. The largest absolute Gasteiger partial charge is 0.507 e. The molecule has 1 heterocycles. The molecule has 1 saturated heterocycles. The van der Waals surface area contributed by atoms with Crippen molar-refractivity contribution in [2.45, 2.75) is 39.8 Å². The topological polar surface area (TPSA) is 66.8 Å². The Morgan fingerprint density at radius 1 is 1.13 bits per heavy atom. The van der Waals surface area contributed by atoms with Gasteiger partial charge in [0.2, 0.25) is 0 Å². The molecule has 30 heavy (non-hydrogen) atoms. The number of ketones is 1. The molecule has 5 nitrogen and oxygen atoms in total. The Morgan fingerprint density at radius 3 is 2.43 bits per heavy atom. The Kier molecular flexibility index (Phi) is 6.37. The summed E-state index contributed by atoms with van der Waals surface area (Å²) in [4.78, 5) is 27.2. The molecule has 158 valence electrons. The Bertz CT molecular complexity index is 995. The van der Waals surface area contributed by atoms with E-state index < -0.39 is 23.5 Å². The van der Waals surface area contributed by atoms with Gasteiger partial charge in [-0.05, 0) is 57.0 Å². The van der Waals surface area contributed by atoms with Gasteiger partial charge in [0, 0.05) is 12.1 Å². The fourth-order valence-electron chi connectivity index (χ4n) is 3.63. The van der Waals surface area contributed by atoms with Crippen molar-refractivity contribution < 1.29 is 23.8 Å². The first-order valence-corrected chi connectivity index (χ1v) is 9.93. The highest BCUT2D eigenvalue weighted by Crippen LogP contribution is 2.39. The highest BCUT2D eigenvalue weighted by Gasteiger charge is 2.46. The van der Waals surface area contributed by atoms with Crippen molar-refractivity contribution in [2.24, 2.45) is 0 Å². The van der Waals surface area contributed by atoms with Gasteiger partial charge in [-0.3, -0.25) is 9.59 Å². The number of hydrogen-bond acceptors (Lipinski definition) is 4. The minimum absolute atomic E-state index is 0.00450. The fraction of sp³-hybridized carbons (Fsp3) is 0.333. The highest BCUT2D eigenvalue weighted by atomic mass is 19.1. The molecule has 1 aliphatic heterocycles. The zero-order chi connectivity index (χ0) is 22.0. The van der Waals surface area contributed by atoms with Crippen LogP contribution in [-0.2, 0) is 14.3 Å². The summed E-state index contributed by atoms with van der Waals surface area (Å²) in [5.41, 5.74) is 2.75. The van der Waals surface area contributed by atoms with Crippen LogP contribution in [0.25, 0.3) is 5.76 Å². The van der Waals surface area contributed by atoms with Gasteiger partial charge in [0.15, 0.2) is 0 Å². The summed E-state index contributed by atoms with van der Waals surface area (Å²) >= 11 is 0. The summed E-state index contributed by atoms with van der Waals surface area (Å²) in [6.45, 7) is 7.89. The van der Waals surface area contributed by atoms with E-state index in [9.17, 15) is 19.1 Å². The number of aliphatic hydroxyl groups is 1. The van der Waals surface area contributed by atoms with Crippen LogP contribution in [0, 0.1) is 19.7 Å². The molecule has 0 saturated carbocycles. The molecule has 6 heteroatoms. The van der Waals surface area contributed by atoms with Gasteiger partial charge in [-0.15, -0.1) is 0 Å². The second-order valence-electron chi connectivity index (χ2n) is 7.78. The van der Waals surface area contributed by atoms with E-state index in [4.69, 9.17) is 4.74 Å². The van der Waals surface area contributed by atoms with Crippen LogP contribution in [0.5, 0.6) is 0 Å². The molecule has 1 amide bonds. The highest BCUT2D eigenvalue weighted by molar-refractivity contribution is 6.46. The smallest absolute Gasteiger partial charge is 0.295 e. The molecule has 3 rings (SSSR count). The third kappa shape index (κ3) is 4.28. The molecular formula is C24H26FNO4. The van der Waals surface area contributed by atoms with Crippen molar-refractivity contribution in [1.82, 2.24) is 4.90 Å². The maximum absolute atomic E-state index is 13.5. The maximum atomic E-state index is 13.5. The molecule has 0 aromatic heterocycles. The number of hydrogen-bond donors (Lipinski definition) is 1. The number of benzene rings is 2. The first kappa shape index (κ1) is 21.7. The van der Waals surface area contributed by atoms with E-state index in [2.05, 4.69) is 0 Å². The van der Waals surface area contributed by atoms with E-state index in [-0.39, 0.29) is 30.6 Å². The van der Waals surface area contributed by atoms with Crippen molar-refractivity contribution >= 4 is 17.4 Å². The zero-order valence-corrected chi connectivity index (χ0v) is 17.6. The standard InChI is InChI=1S/C24H26FNO4/c1-14(2)30-12-11-26-21(17-7-9-18(25)10-8-17)20(23(28)24(26)29)22(27)19-13-15(3)5-6-16(19)4/h5-10,13-14,21,27H,11-12H2,1-4H3/b22-20+. The molecule has 2 aromatic carbocycles. The van der Waals surface area contributed by atoms with E-state index in [0.29, 0.717) is 11.1 Å². The molecule has 2 aromatic rings. The normalized spacial score (nSPS) is 18.5. The number of Topliss-reactive ketones (excluding diaryl/α,β-unsaturated/α-hetero) is 1.